The number of aryl methyl sites for hydroxylation is 1. The van der Waals surface area contributed by atoms with Crippen LogP contribution in [0.2, 0.25) is 5.02 Å². The van der Waals surface area contributed by atoms with Crippen molar-refractivity contribution in [2.75, 3.05) is 5.32 Å². The highest BCUT2D eigenvalue weighted by atomic mass is 127. The third-order valence-corrected chi connectivity index (χ3v) is 3.44. The fraction of sp³-hybridized carbons (Fsp3) is 0.0625. The smallest absolute Gasteiger partial charge is 0.212 e. The van der Waals surface area contributed by atoms with E-state index in [4.69, 9.17) is 11.6 Å². The predicted molar refractivity (Wildman–Crippen MR) is 79.9 cm³/mol. The molecule has 0 saturated carbocycles. The van der Waals surface area contributed by atoms with Crippen LogP contribution in [0.5, 0.6) is 0 Å². The summed E-state index contributed by atoms with van der Waals surface area (Å²) in [5, 5.41) is 5.27. The van der Waals surface area contributed by atoms with E-state index in [9.17, 15) is 0 Å². The molecule has 0 aliphatic rings. The summed E-state index contributed by atoms with van der Waals surface area (Å²) < 4.78 is 2.11. The van der Waals surface area contributed by atoms with Crippen LogP contribution in [0.1, 0.15) is 0 Å². The maximum atomic E-state index is 6.16. The number of rotatable bonds is 2. The summed E-state index contributed by atoms with van der Waals surface area (Å²) in [6, 6.07) is 18.2. The van der Waals surface area contributed by atoms with Gasteiger partial charge in [0.25, 0.3) is 0 Å². The molecule has 0 aliphatic heterocycles. The Bertz CT molecular complexity index is 743. The average Bonchev–Trinajstić information content (AvgIpc) is 2.42. The number of hydrogen-bond acceptors (Lipinski definition) is 1. The summed E-state index contributed by atoms with van der Waals surface area (Å²) in [7, 11) is 2.04. The molecule has 0 radical (unpaired) electrons. The van der Waals surface area contributed by atoms with E-state index >= 15 is 0 Å². The van der Waals surface area contributed by atoms with E-state index in [1.165, 1.54) is 10.9 Å². The second-order valence-corrected chi connectivity index (χ2v) is 4.91. The SMILES string of the molecule is C[n+]1cc(Nc2ccccc2Cl)cc2ccccc21.[I-]. The van der Waals surface area contributed by atoms with Gasteiger partial charge in [-0.2, -0.15) is 4.57 Å². The van der Waals surface area contributed by atoms with Gasteiger partial charge in [-0.15, -0.1) is 0 Å². The highest BCUT2D eigenvalue weighted by molar-refractivity contribution is 6.33. The Balaban J connectivity index is 0.00000147. The highest BCUT2D eigenvalue weighted by Crippen LogP contribution is 2.25. The first kappa shape index (κ1) is 15.1. The van der Waals surface area contributed by atoms with Crippen LogP contribution in [0.3, 0.4) is 0 Å². The molecule has 2 nitrogen and oxygen atoms in total. The molecule has 1 N–H and O–H groups in total. The molecule has 4 heteroatoms. The van der Waals surface area contributed by atoms with E-state index in [0.29, 0.717) is 0 Å². The van der Waals surface area contributed by atoms with Crippen LogP contribution >= 0.6 is 11.6 Å². The molecule has 0 amide bonds. The van der Waals surface area contributed by atoms with Crippen molar-refractivity contribution in [2.45, 2.75) is 0 Å². The zero-order valence-corrected chi connectivity index (χ0v) is 13.9. The van der Waals surface area contributed by atoms with E-state index < -0.39 is 0 Å². The molecule has 0 atom stereocenters. The summed E-state index contributed by atoms with van der Waals surface area (Å²) >= 11 is 6.16. The van der Waals surface area contributed by atoms with Crippen LogP contribution in [-0.2, 0) is 7.05 Å². The maximum absolute atomic E-state index is 6.16. The van der Waals surface area contributed by atoms with Gasteiger partial charge in [-0.25, -0.2) is 0 Å². The fourth-order valence-corrected chi connectivity index (χ4v) is 2.38. The monoisotopic (exact) mass is 396 g/mol. The Labute approximate surface area is 140 Å². The van der Waals surface area contributed by atoms with Crippen LogP contribution < -0.4 is 33.9 Å². The molecule has 20 heavy (non-hydrogen) atoms. The lowest BCUT2D eigenvalue weighted by Gasteiger charge is -2.07. The molecule has 0 bridgehead atoms. The third kappa shape index (κ3) is 3.04. The Morgan fingerprint density at radius 2 is 1.70 bits per heavy atom. The molecule has 0 spiro atoms. The second kappa shape index (κ2) is 6.41. The first-order valence-corrected chi connectivity index (χ1v) is 6.52. The zero-order chi connectivity index (χ0) is 13.2. The molecule has 2 aromatic carbocycles. The number of nitrogens with zero attached hydrogens (tertiary/aromatic N) is 1. The number of para-hydroxylation sites is 2. The van der Waals surface area contributed by atoms with E-state index in [1.54, 1.807) is 0 Å². The molecule has 1 aromatic heterocycles. The van der Waals surface area contributed by atoms with Gasteiger partial charge in [0, 0.05) is 11.5 Å². The molecule has 0 aliphatic carbocycles. The molecule has 0 unspecified atom stereocenters. The Kier molecular flexibility index (Phi) is 4.83. The van der Waals surface area contributed by atoms with Crippen LogP contribution in [0, 0.1) is 0 Å². The van der Waals surface area contributed by atoms with E-state index in [1.807, 2.05) is 43.4 Å². The van der Waals surface area contributed by atoms with Crippen molar-refractivity contribution in [2.24, 2.45) is 7.05 Å². The van der Waals surface area contributed by atoms with Crippen molar-refractivity contribution < 1.29 is 28.5 Å². The quantitative estimate of drug-likeness (QED) is 0.506. The first-order chi connectivity index (χ1) is 9.24. The van der Waals surface area contributed by atoms with Crippen molar-refractivity contribution in [3.8, 4) is 0 Å². The molecule has 3 rings (SSSR count). The molecule has 3 aromatic rings. The Morgan fingerprint density at radius 1 is 1.00 bits per heavy atom. The van der Waals surface area contributed by atoms with Crippen molar-refractivity contribution >= 4 is 33.9 Å². The minimum Gasteiger partial charge on any atom is -1.00 e. The summed E-state index contributed by atoms with van der Waals surface area (Å²) in [4.78, 5) is 0. The minimum atomic E-state index is 0. The van der Waals surface area contributed by atoms with E-state index in [2.05, 4.69) is 34.3 Å². The molecule has 1 heterocycles. The number of benzene rings is 2. The van der Waals surface area contributed by atoms with Crippen molar-refractivity contribution in [1.82, 2.24) is 0 Å². The fourth-order valence-electron chi connectivity index (χ4n) is 2.20. The lowest BCUT2D eigenvalue weighted by atomic mass is 10.2. The second-order valence-electron chi connectivity index (χ2n) is 4.50. The molecule has 102 valence electrons. The van der Waals surface area contributed by atoms with Crippen molar-refractivity contribution in [3.05, 3.63) is 65.8 Å². The van der Waals surface area contributed by atoms with Gasteiger partial charge in [0.1, 0.15) is 12.7 Å². The lowest BCUT2D eigenvalue weighted by Crippen LogP contribution is -3.00. The number of hydrogen-bond donors (Lipinski definition) is 1. The summed E-state index contributed by atoms with van der Waals surface area (Å²) in [6.45, 7) is 0. The standard InChI is InChI=1S/C16H14ClN2.HI/c1-19-11-13(10-12-6-2-5-9-16(12)19)18-15-8-4-3-7-14(15)17;/h2-11,18H,1H3;1H/q+1;/p-1. The van der Waals surface area contributed by atoms with Gasteiger partial charge in [-0.3, -0.25) is 0 Å². The number of aromatic nitrogens is 1. The molecule has 0 fully saturated rings. The van der Waals surface area contributed by atoms with E-state index in [0.717, 1.165) is 16.4 Å². The summed E-state index contributed by atoms with van der Waals surface area (Å²) in [6.07, 6.45) is 2.06. The van der Waals surface area contributed by atoms with Crippen molar-refractivity contribution in [3.63, 3.8) is 0 Å². The van der Waals surface area contributed by atoms with Crippen LogP contribution in [-0.4, -0.2) is 0 Å². The van der Waals surface area contributed by atoms with Gasteiger partial charge in [-0.05, 0) is 24.3 Å². The summed E-state index contributed by atoms with van der Waals surface area (Å²) in [5.41, 5.74) is 3.14. The van der Waals surface area contributed by atoms with Gasteiger partial charge in [0.2, 0.25) is 5.52 Å². The minimum absolute atomic E-state index is 0. The van der Waals surface area contributed by atoms with Crippen LogP contribution in [0.15, 0.2) is 60.8 Å². The predicted octanol–water partition coefficient (Wildman–Crippen LogP) is 1.07. The normalized spacial score (nSPS) is 10.1. The van der Waals surface area contributed by atoms with E-state index in [-0.39, 0.29) is 24.0 Å². The average molecular weight is 397 g/mol. The van der Waals surface area contributed by atoms with Gasteiger partial charge in [0.05, 0.1) is 10.7 Å². The molecular formula is C16H14ClIN2. The zero-order valence-electron chi connectivity index (χ0n) is 11.0. The van der Waals surface area contributed by atoms with Gasteiger partial charge < -0.3 is 29.3 Å². The molecule has 0 saturated heterocycles. The van der Waals surface area contributed by atoms with Crippen molar-refractivity contribution in [1.29, 1.82) is 0 Å². The van der Waals surface area contributed by atoms with Crippen LogP contribution in [0.4, 0.5) is 11.4 Å². The number of pyridine rings is 1. The first-order valence-electron chi connectivity index (χ1n) is 6.14. The van der Waals surface area contributed by atoms with Gasteiger partial charge >= 0.3 is 0 Å². The third-order valence-electron chi connectivity index (χ3n) is 3.11. The highest BCUT2D eigenvalue weighted by Gasteiger charge is 2.08. The Morgan fingerprint density at radius 3 is 2.50 bits per heavy atom. The maximum Gasteiger partial charge on any atom is 0.212 e. The molecular weight excluding hydrogens is 383 g/mol. The number of halogens is 2. The van der Waals surface area contributed by atoms with Gasteiger partial charge in [0.15, 0.2) is 6.20 Å². The topological polar surface area (TPSA) is 15.9 Å². The Hall–Kier alpha value is -1.33. The van der Waals surface area contributed by atoms with Crippen LogP contribution in [0.25, 0.3) is 10.9 Å². The lowest BCUT2D eigenvalue weighted by molar-refractivity contribution is -0.644. The number of anilines is 2. The number of nitrogens with one attached hydrogen (secondary N) is 1. The largest absolute Gasteiger partial charge is 1.00 e. The van der Waals surface area contributed by atoms with Gasteiger partial charge in [-0.1, -0.05) is 35.9 Å². The summed E-state index contributed by atoms with van der Waals surface area (Å²) in [5.74, 6) is 0. The number of fused-ring (bicyclic) bond motifs is 1.